The molecule has 2 aromatic carbocycles. The standard InChI is InChI=1S/C20H23N/c1-4-19(21-3)15-16(2)9-7-11-18-13-8-12-17-10-5-6-14-20(17)18/h4-6,8,10,12-15H,1,7,9,11H2,2-3H3/b16-15+,21-19-. The Bertz CT molecular complexity index is 672. The van der Waals surface area contributed by atoms with E-state index in [1.54, 1.807) is 13.1 Å². The van der Waals surface area contributed by atoms with Gasteiger partial charge in [-0.1, -0.05) is 54.6 Å². The second-order valence-electron chi connectivity index (χ2n) is 5.34. The summed E-state index contributed by atoms with van der Waals surface area (Å²) in [5, 5.41) is 2.71. The van der Waals surface area contributed by atoms with Gasteiger partial charge in [-0.3, -0.25) is 4.99 Å². The summed E-state index contributed by atoms with van der Waals surface area (Å²) in [6.07, 6.45) is 7.28. The van der Waals surface area contributed by atoms with Crippen LogP contribution in [0.5, 0.6) is 0 Å². The molecule has 1 nitrogen and oxygen atoms in total. The van der Waals surface area contributed by atoms with Crippen LogP contribution in [0, 0.1) is 0 Å². The van der Waals surface area contributed by atoms with Gasteiger partial charge in [0.1, 0.15) is 0 Å². The van der Waals surface area contributed by atoms with E-state index in [1.165, 1.54) is 21.9 Å². The predicted molar refractivity (Wildman–Crippen MR) is 94.2 cm³/mol. The maximum atomic E-state index is 4.18. The maximum absolute atomic E-state index is 4.18. The highest BCUT2D eigenvalue weighted by Crippen LogP contribution is 2.20. The van der Waals surface area contributed by atoms with Gasteiger partial charge in [0.15, 0.2) is 0 Å². The van der Waals surface area contributed by atoms with Crippen LogP contribution in [0.2, 0.25) is 0 Å². The lowest BCUT2D eigenvalue weighted by Gasteiger charge is -2.07. The quantitative estimate of drug-likeness (QED) is 0.630. The molecule has 0 radical (unpaired) electrons. The van der Waals surface area contributed by atoms with Crippen LogP contribution in [-0.2, 0) is 6.42 Å². The number of fused-ring (bicyclic) bond motifs is 1. The van der Waals surface area contributed by atoms with Crippen LogP contribution in [0.4, 0.5) is 0 Å². The Balaban J connectivity index is 2.01. The first-order valence-electron chi connectivity index (χ1n) is 7.47. The van der Waals surface area contributed by atoms with Crippen molar-refractivity contribution in [3.05, 3.63) is 72.3 Å². The van der Waals surface area contributed by atoms with Crippen LogP contribution >= 0.6 is 0 Å². The van der Waals surface area contributed by atoms with Gasteiger partial charge in [0.25, 0.3) is 0 Å². The Morgan fingerprint density at radius 1 is 1.14 bits per heavy atom. The van der Waals surface area contributed by atoms with Crippen LogP contribution in [0.25, 0.3) is 10.8 Å². The lowest BCUT2D eigenvalue weighted by Crippen LogP contribution is -1.92. The third-order valence-corrected chi connectivity index (χ3v) is 3.76. The van der Waals surface area contributed by atoms with E-state index in [9.17, 15) is 0 Å². The number of allylic oxidation sites excluding steroid dienone is 3. The number of aryl methyl sites for hydroxylation is 1. The topological polar surface area (TPSA) is 12.4 Å². The normalized spacial score (nSPS) is 12.7. The molecule has 0 unspecified atom stereocenters. The zero-order valence-electron chi connectivity index (χ0n) is 13.0. The van der Waals surface area contributed by atoms with Crippen molar-refractivity contribution < 1.29 is 0 Å². The van der Waals surface area contributed by atoms with Crippen molar-refractivity contribution >= 4 is 16.5 Å². The van der Waals surface area contributed by atoms with Crippen LogP contribution in [0.15, 0.2) is 71.8 Å². The first kappa shape index (κ1) is 15.2. The van der Waals surface area contributed by atoms with E-state index in [0.29, 0.717) is 0 Å². The molecule has 0 aliphatic rings. The Hall–Kier alpha value is -2.15. The smallest absolute Gasteiger partial charge is 0.0564 e. The molecule has 108 valence electrons. The highest BCUT2D eigenvalue weighted by Gasteiger charge is 2.00. The van der Waals surface area contributed by atoms with Crippen molar-refractivity contribution in [1.29, 1.82) is 0 Å². The molecule has 2 aromatic rings. The fraction of sp³-hybridized carbons (Fsp3) is 0.250. The average molecular weight is 277 g/mol. The highest BCUT2D eigenvalue weighted by atomic mass is 14.7. The van der Waals surface area contributed by atoms with Gasteiger partial charge < -0.3 is 0 Å². The first-order chi connectivity index (χ1) is 10.2. The van der Waals surface area contributed by atoms with E-state index in [4.69, 9.17) is 0 Å². The summed E-state index contributed by atoms with van der Waals surface area (Å²) >= 11 is 0. The summed E-state index contributed by atoms with van der Waals surface area (Å²) in [6.45, 7) is 5.94. The van der Waals surface area contributed by atoms with E-state index in [-0.39, 0.29) is 0 Å². The number of nitrogens with zero attached hydrogens (tertiary/aromatic N) is 1. The van der Waals surface area contributed by atoms with Crippen molar-refractivity contribution in [2.45, 2.75) is 26.2 Å². The minimum atomic E-state index is 0.956. The molecule has 0 aliphatic carbocycles. The van der Waals surface area contributed by atoms with Crippen molar-refractivity contribution in [3.8, 4) is 0 Å². The van der Waals surface area contributed by atoms with Gasteiger partial charge in [0.2, 0.25) is 0 Å². The number of benzene rings is 2. The second-order valence-corrected chi connectivity index (χ2v) is 5.34. The molecule has 0 saturated carbocycles. The van der Waals surface area contributed by atoms with Crippen LogP contribution in [0.1, 0.15) is 25.3 Å². The Kier molecular flexibility index (Phi) is 5.51. The molecule has 0 bridgehead atoms. The van der Waals surface area contributed by atoms with Crippen molar-refractivity contribution in [2.75, 3.05) is 7.05 Å². The SMILES string of the molecule is C=CC(/C=C(\C)CCCc1cccc2ccccc12)=N/C. The lowest BCUT2D eigenvalue weighted by molar-refractivity contribution is 0.816. The van der Waals surface area contributed by atoms with Gasteiger partial charge in [-0.25, -0.2) is 0 Å². The van der Waals surface area contributed by atoms with E-state index in [0.717, 1.165) is 25.0 Å². The zero-order chi connectivity index (χ0) is 15.1. The maximum Gasteiger partial charge on any atom is 0.0564 e. The molecule has 0 atom stereocenters. The summed E-state index contributed by atoms with van der Waals surface area (Å²) in [5.74, 6) is 0. The summed E-state index contributed by atoms with van der Waals surface area (Å²) < 4.78 is 0. The molecule has 1 heteroatoms. The van der Waals surface area contributed by atoms with E-state index >= 15 is 0 Å². The van der Waals surface area contributed by atoms with E-state index < -0.39 is 0 Å². The number of rotatable bonds is 6. The largest absolute Gasteiger partial charge is 0.289 e. The molecule has 0 fully saturated rings. The number of hydrogen-bond donors (Lipinski definition) is 0. The summed E-state index contributed by atoms with van der Waals surface area (Å²) in [4.78, 5) is 4.18. The van der Waals surface area contributed by atoms with Gasteiger partial charge >= 0.3 is 0 Å². The Morgan fingerprint density at radius 2 is 1.90 bits per heavy atom. The predicted octanol–water partition coefficient (Wildman–Crippen LogP) is 5.37. The average Bonchev–Trinajstić information content (AvgIpc) is 2.53. The van der Waals surface area contributed by atoms with Gasteiger partial charge in [-0.15, -0.1) is 0 Å². The summed E-state index contributed by atoms with van der Waals surface area (Å²) in [7, 11) is 1.80. The third-order valence-electron chi connectivity index (χ3n) is 3.76. The zero-order valence-corrected chi connectivity index (χ0v) is 13.0. The molecular weight excluding hydrogens is 254 g/mol. The van der Waals surface area contributed by atoms with Crippen LogP contribution < -0.4 is 0 Å². The number of hydrogen-bond acceptors (Lipinski definition) is 1. The van der Waals surface area contributed by atoms with Gasteiger partial charge in [-0.05, 0) is 54.7 Å². The first-order valence-corrected chi connectivity index (χ1v) is 7.47. The molecule has 0 heterocycles. The molecule has 0 spiro atoms. The minimum Gasteiger partial charge on any atom is -0.289 e. The monoisotopic (exact) mass is 277 g/mol. The summed E-state index contributed by atoms with van der Waals surface area (Å²) in [5.41, 5.74) is 3.75. The van der Waals surface area contributed by atoms with Crippen LogP contribution in [0.3, 0.4) is 0 Å². The van der Waals surface area contributed by atoms with E-state index in [2.05, 4.69) is 67.0 Å². The van der Waals surface area contributed by atoms with Crippen molar-refractivity contribution in [2.24, 2.45) is 4.99 Å². The molecule has 0 N–H and O–H groups in total. The van der Waals surface area contributed by atoms with E-state index in [1.807, 2.05) is 0 Å². The Morgan fingerprint density at radius 3 is 2.67 bits per heavy atom. The van der Waals surface area contributed by atoms with Gasteiger partial charge in [0, 0.05) is 7.05 Å². The molecule has 0 aromatic heterocycles. The molecule has 0 saturated heterocycles. The molecule has 2 rings (SSSR count). The van der Waals surface area contributed by atoms with Crippen molar-refractivity contribution in [3.63, 3.8) is 0 Å². The summed E-state index contributed by atoms with van der Waals surface area (Å²) in [6, 6.07) is 15.2. The minimum absolute atomic E-state index is 0.956. The molecule has 21 heavy (non-hydrogen) atoms. The van der Waals surface area contributed by atoms with Crippen molar-refractivity contribution in [1.82, 2.24) is 0 Å². The third kappa shape index (κ3) is 4.16. The fourth-order valence-electron chi connectivity index (χ4n) is 2.61. The highest BCUT2D eigenvalue weighted by molar-refractivity contribution is 6.03. The van der Waals surface area contributed by atoms with Gasteiger partial charge in [0.05, 0.1) is 5.71 Å². The Labute approximate surface area is 127 Å². The second kappa shape index (κ2) is 7.58. The molecule has 0 aliphatic heterocycles. The molecule has 0 amide bonds. The molecular formula is C20H23N. The lowest BCUT2D eigenvalue weighted by atomic mass is 9.99. The van der Waals surface area contributed by atoms with Crippen LogP contribution in [-0.4, -0.2) is 12.8 Å². The van der Waals surface area contributed by atoms with Gasteiger partial charge in [-0.2, -0.15) is 0 Å². The number of aliphatic imine (C=N–C) groups is 1. The fourth-order valence-corrected chi connectivity index (χ4v) is 2.61.